The van der Waals surface area contributed by atoms with Gasteiger partial charge in [-0.1, -0.05) is 12.1 Å². The first-order valence-corrected chi connectivity index (χ1v) is 9.77. The van der Waals surface area contributed by atoms with Crippen LogP contribution in [0.15, 0.2) is 29.3 Å². The van der Waals surface area contributed by atoms with Gasteiger partial charge in [0.1, 0.15) is 5.82 Å². The second-order valence-corrected chi connectivity index (χ2v) is 7.90. The molecule has 0 spiro atoms. The lowest BCUT2D eigenvalue weighted by molar-refractivity contribution is 0.697. The monoisotopic (exact) mass is 347 g/mol. The molecular weight excluding hydrogens is 318 g/mol. The van der Waals surface area contributed by atoms with Crippen LogP contribution in [0.3, 0.4) is 0 Å². The molecule has 1 heterocycles. The van der Waals surface area contributed by atoms with Crippen LogP contribution in [0.5, 0.6) is 0 Å². The molecule has 1 aromatic carbocycles. The SMILES string of the molecule is CCNC(=NCC(C)(C)SC)NCCCc1nc2ccccc2[nH]1. The van der Waals surface area contributed by atoms with Gasteiger partial charge in [0.15, 0.2) is 5.96 Å². The summed E-state index contributed by atoms with van der Waals surface area (Å²) in [6.45, 7) is 9.06. The molecular formula is C18H29N5S. The number of aliphatic imine (C=N–C) groups is 1. The number of rotatable bonds is 8. The second-order valence-electron chi connectivity index (χ2n) is 6.39. The molecule has 132 valence electrons. The second kappa shape index (κ2) is 8.97. The van der Waals surface area contributed by atoms with Crippen molar-refractivity contribution in [1.82, 2.24) is 20.6 Å². The number of aryl methyl sites for hydroxylation is 1. The van der Waals surface area contributed by atoms with E-state index in [-0.39, 0.29) is 4.75 Å². The first-order valence-electron chi connectivity index (χ1n) is 8.55. The number of nitrogens with zero attached hydrogens (tertiary/aromatic N) is 2. The molecule has 0 aliphatic carbocycles. The standard InChI is InChI=1S/C18H29N5S/c1-5-19-17(21-13-18(2,3)24-4)20-12-8-11-16-22-14-9-6-7-10-15(14)23-16/h6-7,9-10H,5,8,11-13H2,1-4H3,(H,22,23)(H2,19,20,21). The highest BCUT2D eigenvalue weighted by atomic mass is 32.2. The first-order chi connectivity index (χ1) is 11.5. The van der Waals surface area contributed by atoms with E-state index in [0.29, 0.717) is 0 Å². The highest BCUT2D eigenvalue weighted by Crippen LogP contribution is 2.20. The lowest BCUT2D eigenvalue weighted by Crippen LogP contribution is -2.39. The minimum absolute atomic E-state index is 0.163. The summed E-state index contributed by atoms with van der Waals surface area (Å²) in [5.41, 5.74) is 2.14. The maximum absolute atomic E-state index is 4.69. The van der Waals surface area contributed by atoms with Crippen LogP contribution >= 0.6 is 11.8 Å². The molecule has 0 fully saturated rings. The summed E-state index contributed by atoms with van der Waals surface area (Å²) >= 11 is 1.84. The van der Waals surface area contributed by atoms with Crippen LogP contribution in [-0.2, 0) is 6.42 Å². The maximum Gasteiger partial charge on any atom is 0.191 e. The Labute approximate surface area is 149 Å². The minimum atomic E-state index is 0.163. The van der Waals surface area contributed by atoms with Crippen molar-refractivity contribution in [2.75, 3.05) is 25.9 Å². The summed E-state index contributed by atoms with van der Waals surface area (Å²) in [6.07, 6.45) is 4.07. The summed E-state index contributed by atoms with van der Waals surface area (Å²) in [6, 6.07) is 8.15. The van der Waals surface area contributed by atoms with Gasteiger partial charge in [-0.15, -0.1) is 0 Å². The fraction of sp³-hybridized carbons (Fsp3) is 0.556. The fourth-order valence-electron chi connectivity index (χ4n) is 2.26. The quantitative estimate of drug-likeness (QED) is 0.390. The van der Waals surface area contributed by atoms with E-state index in [1.54, 1.807) is 0 Å². The van der Waals surface area contributed by atoms with E-state index in [1.807, 2.05) is 30.0 Å². The topological polar surface area (TPSA) is 65.1 Å². The molecule has 0 aliphatic rings. The van der Waals surface area contributed by atoms with Gasteiger partial charge in [-0.2, -0.15) is 11.8 Å². The van der Waals surface area contributed by atoms with E-state index in [0.717, 1.165) is 55.3 Å². The van der Waals surface area contributed by atoms with Crippen molar-refractivity contribution in [3.05, 3.63) is 30.1 Å². The predicted octanol–water partition coefficient (Wildman–Crippen LogP) is 3.19. The third kappa shape index (κ3) is 5.74. The number of imidazole rings is 1. The van der Waals surface area contributed by atoms with Crippen LogP contribution in [0.4, 0.5) is 0 Å². The molecule has 0 saturated heterocycles. The van der Waals surface area contributed by atoms with Crippen molar-refractivity contribution in [1.29, 1.82) is 0 Å². The molecule has 0 amide bonds. The van der Waals surface area contributed by atoms with E-state index in [1.165, 1.54) is 0 Å². The van der Waals surface area contributed by atoms with Crippen molar-refractivity contribution < 1.29 is 0 Å². The highest BCUT2D eigenvalue weighted by molar-refractivity contribution is 7.99. The van der Waals surface area contributed by atoms with Crippen LogP contribution in [0.1, 0.15) is 33.0 Å². The summed E-state index contributed by atoms with van der Waals surface area (Å²) in [7, 11) is 0. The van der Waals surface area contributed by atoms with Gasteiger partial charge in [0.2, 0.25) is 0 Å². The van der Waals surface area contributed by atoms with Crippen molar-refractivity contribution in [3.8, 4) is 0 Å². The molecule has 1 aromatic heterocycles. The molecule has 2 aromatic rings. The third-order valence-electron chi connectivity index (χ3n) is 3.84. The number of H-pyrrole nitrogens is 1. The number of guanidine groups is 1. The molecule has 0 unspecified atom stereocenters. The van der Waals surface area contributed by atoms with Crippen molar-refractivity contribution in [2.45, 2.75) is 38.4 Å². The molecule has 0 atom stereocenters. The molecule has 0 aliphatic heterocycles. The Hall–Kier alpha value is -1.69. The van der Waals surface area contributed by atoms with E-state index in [9.17, 15) is 0 Å². The number of aromatic nitrogens is 2. The zero-order chi connectivity index (χ0) is 17.4. The first kappa shape index (κ1) is 18.6. The van der Waals surface area contributed by atoms with Gasteiger partial charge in [0, 0.05) is 24.3 Å². The molecule has 2 rings (SSSR count). The Morgan fingerprint density at radius 1 is 1.29 bits per heavy atom. The number of hydrogen-bond donors (Lipinski definition) is 3. The lowest BCUT2D eigenvalue weighted by atomic mass is 10.2. The Balaban J connectivity index is 1.80. The number of benzene rings is 1. The molecule has 3 N–H and O–H groups in total. The minimum Gasteiger partial charge on any atom is -0.357 e. The number of thioether (sulfide) groups is 1. The number of aromatic amines is 1. The van der Waals surface area contributed by atoms with Crippen LogP contribution < -0.4 is 10.6 Å². The van der Waals surface area contributed by atoms with Crippen LogP contribution in [0.25, 0.3) is 11.0 Å². The van der Waals surface area contributed by atoms with Crippen molar-refractivity contribution in [3.63, 3.8) is 0 Å². The van der Waals surface area contributed by atoms with Crippen molar-refractivity contribution >= 4 is 28.8 Å². The van der Waals surface area contributed by atoms with E-state index in [2.05, 4.69) is 58.7 Å². The molecule has 6 heteroatoms. The van der Waals surface area contributed by atoms with Crippen molar-refractivity contribution in [2.24, 2.45) is 4.99 Å². The molecule has 0 saturated carbocycles. The van der Waals surface area contributed by atoms with Gasteiger partial charge in [0.25, 0.3) is 0 Å². The number of para-hydroxylation sites is 2. The Morgan fingerprint density at radius 3 is 2.79 bits per heavy atom. The number of nitrogens with one attached hydrogen (secondary N) is 3. The Kier molecular flexibility index (Phi) is 6.97. The molecule has 0 bridgehead atoms. The Bertz CT molecular complexity index is 629. The fourth-order valence-corrected chi connectivity index (χ4v) is 2.46. The van der Waals surface area contributed by atoms with Gasteiger partial charge >= 0.3 is 0 Å². The largest absolute Gasteiger partial charge is 0.357 e. The van der Waals surface area contributed by atoms with Gasteiger partial charge in [-0.3, -0.25) is 4.99 Å². The number of fused-ring (bicyclic) bond motifs is 1. The summed E-state index contributed by atoms with van der Waals surface area (Å²) < 4.78 is 0.163. The third-order valence-corrected chi connectivity index (χ3v) is 5.07. The number of hydrogen-bond acceptors (Lipinski definition) is 3. The zero-order valence-electron chi connectivity index (χ0n) is 15.1. The average molecular weight is 348 g/mol. The van der Waals surface area contributed by atoms with Gasteiger partial charge < -0.3 is 15.6 Å². The lowest BCUT2D eigenvalue weighted by Gasteiger charge is -2.20. The molecule has 24 heavy (non-hydrogen) atoms. The van der Waals surface area contributed by atoms with Gasteiger partial charge in [-0.05, 0) is 45.6 Å². The highest BCUT2D eigenvalue weighted by Gasteiger charge is 2.15. The van der Waals surface area contributed by atoms with E-state index in [4.69, 9.17) is 0 Å². The summed E-state index contributed by atoms with van der Waals surface area (Å²) in [5.74, 6) is 1.94. The smallest absolute Gasteiger partial charge is 0.191 e. The van der Waals surface area contributed by atoms with Gasteiger partial charge in [0.05, 0.1) is 17.6 Å². The molecule has 5 nitrogen and oxygen atoms in total. The summed E-state index contributed by atoms with van der Waals surface area (Å²) in [5, 5.41) is 6.71. The van der Waals surface area contributed by atoms with Crippen LogP contribution in [-0.4, -0.2) is 46.6 Å². The maximum atomic E-state index is 4.69. The van der Waals surface area contributed by atoms with Crippen LogP contribution in [0.2, 0.25) is 0 Å². The summed E-state index contributed by atoms with van der Waals surface area (Å²) in [4.78, 5) is 12.7. The Morgan fingerprint density at radius 2 is 2.08 bits per heavy atom. The van der Waals surface area contributed by atoms with Crippen LogP contribution in [0, 0.1) is 0 Å². The zero-order valence-corrected chi connectivity index (χ0v) is 16.0. The predicted molar refractivity (Wildman–Crippen MR) is 106 cm³/mol. The van der Waals surface area contributed by atoms with E-state index < -0.39 is 0 Å². The van der Waals surface area contributed by atoms with E-state index >= 15 is 0 Å². The van der Waals surface area contributed by atoms with Gasteiger partial charge in [-0.25, -0.2) is 4.98 Å². The normalized spacial score (nSPS) is 12.6. The average Bonchev–Trinajstić information content (AvgIpc) is 2.99. The molecule has 0 radical (unpaired) electrons.